The molecule has 8 aromatic rings. The van der Waals surface area contributed by atoms with Crippen LogP contribution in [0.15, 0.2) is 194 Å². The number of nitrogens with zero attached hydrogens (tertiary/aromatic N) is 4. The van der Waals surface area contributed by atoms with Crippen molar-refractivity contribution in [2.75, 3.05) is 52.9 Å². The lowest BCUT2D eigenvalue weighted by atomic mass is 9.92. The van der Waals surface area contributed by atoms with Gasteiger partial charge in [0.15, 0.2) is 0 Å². The van der Waals surface area contributed by atoms with Crippen molar-refractivity contribution in [1.82, 2.24) is 0 Å². The normalized spacial score (nSPS) is 11.2. The van der Waals surface area contributed by atoms with Crippen LogP contribution in [0.5, 0.6) is 0 Å². The summed E-state index contributed by atoms with van der Waals surface area (Å²) in [4.78, 5) is 0. The summed E-state index contributed by atoms with van der Waals surface area (Å²) in [7, 11) is 0. The fourth-order valence-corrected chi connectivity index (χ4v) is 10.6. The highest BCUT2D eigenvalue weighted by atomic mass is 16.5. The van der Waals surface area contributed by atoms with Crippen LogP contribution in [0.4, 0.5) is 0 Å². The first kappa shape index (κ1) is 62.6. The molecular weight excluding hydrogens is 1040 g/mol. The molecule has 8 aromatic carbocycles. The molecule has 0 aliphatic rings. The van der Waals surface area contributed by atoms with Crippen LogP contribution in [0.1, 0.15) is 122 Å². The Morgan fingerprint density at radius 2 is 0.400 bits per heavy atom. The van der Waals surface area contributed by atoms with Crippen LogP contribution in [-0.4, -0.2) is 52.9 Å². The number of hydrogen-bond acceptors (Lipinski definition) is 8. The molecule has 0 N–H and O–H groups in total. The highest BCUT2D eigenvalue weighted by molar-refractivity contribution is 5.67. The molecular formula is C77H80N4O4. The van der Waals surface area contributed by atoms with Gasteiger partial charge in [-0.05, 0) is 192 Å². The molecule has 0 saturated heterocycles. The van der Waals surface area contributed by atoms with Crippen LogP contribution in [0.2, 0.25) is 0 Å². The van der Waals surface area contributed by atoms with Crippen molar-refractivity contribution in [3.8, 4) is 68.8 Å². The number of nitriles is 4. The quantitative estimate of drug-likeness (QED) is 0.0355. The molecule has 0 saturated carbocycles. The Kier molecular flexibility index (Phi) is 25.8. The fourth-order valence-electron chi connectivity index (χ4n) is 10.6. The summed E-state index contributed by atoms with van der Waals surface area (Å²) >= 11 is 0. The number of benzene rings is 8. The summed E-state index contributed by atoms with van der Waals surface area (Å²) in [6.07, 6.45) is 16.5. The Balaban J connectivity index is 0.828. The van der Waals surface area contributed by atoms with E-state index in [9.17, 15) is 21.0 Å². The number of rotatable bonds is 36. The molecule has 8 rings (SSSR count). The van der Waals surface area contributed by atoms with Gasteiger partial charge in [0.05, 0.1) is 78.4 Å². The first-order chi connectivity index (χ1) is 41.9. The summed E-state index contributed by atoms with van der Waals surface area (Å²) in [5.74, 6) is 0. The van der Waals surface area contributed by atoms with Gasteiger partial charge in [-0.3, -0.25) is 0 Å². The Bertz CT molecular complexity index is 2920. The minimum Gasteiger partial charge on any atom is -0.381 e. The van der Waals surface area contributed by atoms with Crippen molar-refractivity contribution in [3.05, 3.63) is 239 Å². The van der Waals surface area contributed by atoms with E-state index < -0.39 is 5.41 Å². The maximum atomic E-state index is 9.20. The lowest BCUT2D eigenvalue weighted by Gasteiger charge is -2.33. The molecule has 0 radical (unpaired) electrons. The van der Waals surface area contributed by atoms with E-state index >= 15 is 0 Å². The molecule has 0 fully saturated rings. The van der Waals surface area contributed by atoms with Crippen LogP contribution in [-0.2, 0) is 44.6 Å². The van der Waals surface area contributed by atoms with Gasteiger partial charge in [-0.2, -0.15) is 21.0 Å². The zero-order valence-electron chi connectivity index (χ0n) is 49.4. The maximum absolute atomic E-state index is 9.20. The standard InChI is InChI=1S/C77H80N4O4/c78-53-65-25-41-73(42-26-65)69-33-17-61(18-34-69)13-5-1-9-49-82-57-77(58-83-50-10-2-6-14-62-19-35-70(36-20-62)74-43-27-66(54-79)28-44-74,59-84-51-11-3-7-15-63-21-37-71(38-22-63)75-45-29-67(55-80)30-46-75)60-85-52-12-4-8-16-64-23-39-72(40-24-64)76-47-31-68(56-81)32-48-76/h17-48H,1-16,49-52,57-60H2. The van der Waals surface area contributed by atoms with Gasteiger partial charge < -0.3 is 18.9 Å². The molecule has 8 heteroatoms. The average molecular weight is 1130 g/mol. The Morgan fingerprint density at radius 1 is 0.224 bits per heavy atom. The summed E-state index contributed by atoms with van der Waals surface area (Å²) < 4.78 is 26.4. The highest BCUT2D eigenvalue weighted by Crippen LogP contribution is 2.27. The molecule has 0 aliphatic heterocycles. The summed E-state index contributed by atoms with van der Waals surface area (Å²) in [6, 6.07) is 74.9. The van der Waals surface area contributed by atoms with Crippen LogP contribution < -0.4 is 0 Å². The van der Waals surface area contributed by atoms with Crippen molar-refractivity contribution >= 4 is 0 Å². The monoisotopic (exact) mass is 1120 g/mol. The second-order valence-electron chi connectivity index (χ2n) is 22.5. The highest BCUT2D eigenvalue weighted by Gasteiger charge is 2.32. The first-order valence-electron chi connectivity index (χ1n) is 30.6. The van der Waals surface area contributed by atoms with E-state index in [1.165, 1.54) is 22.3 Å². The smallest absolute Gasteiger partial charge is 0.0991 e. The van der Waals surface area contributed by atoms with Gasteiger partial charge in [0, 0.05) is 26.4 Å². The molecule has 0 aliphatic carbocycles. The maximum Gasteiger partial charge on any atom is 0.0991 e. The number of ether oxygens (including phenoxy) is 4. The fraction of sp³-hybridized carbons (Fsp3) is 0.325. The average Bonchev–Trinajstić information content (AvgIpc) is 3.70. The molecule has 0 heterocycles. The van der Waals surface area contributed by atoms with Crippen molar-refractivity contribution in [2.24, 2.45) is 5.41 Å². The van der Waals surface area contributed by atoms with Gasteiger partial charge in [-0.15, -0.1) is 0 Å². The van der Waals surface area contributed by atoms with Crippen LogP contribution in [0.3, 0.4) is 0 Å². The third-order valence-corrected chi connectivity index (χ3v) is 15.9. The Morgan fingerprint density at radius 3 is 0.576 bits per heavy atom. The van der Waals surface area contributed by atoms with E-state index in [1.54, 1.807) is 0 Å². The Labute approximate surface area is 505 Å². The van der Waals surface area contributed by atoms with Crippen molar-refractivity contribution < 1.29 is 18.9 Å². The van der Waals surface area contributed by atoms with Crippen molar-refractivity contribution in [3.63, 3.8) is 0 Å². The van der Waals surface area contributed by atoms with E-state index in [0.29, 0.717) is 75.1 Å². The van der Waals surface area contributed by atoms with Gasteiger partial charge in [-0.25, -0.2) is 0 Å². The predicted molar refractivity (Wildman–Crippen MR) is 342 cm³/mol. The van der Waals surface area contributed by atoms with Gasteiger partial charge in [0.2, 0.25) is 0 Å². The molecule has 0 atom stereocenters. The molecule has 85 heavy (non-hydrogen) atoms. The van der Waals surface area contributed by atoms with Crippen molar-refractivity contribution in [1.29, 1.82) is 21.0 Å². The van der Waals surface area contributed by atoms with E-state index in [2.05, 4.69) is 121 Å². The molecule has 0 unspecified atom stereocenters. The Hall–Kier alpha value is -8.44. The third kappa shape index (κ3) is 21.0. The zero-order valence-corrected chi connectivity index (χ0v) is 49.4. The van der Waals surface area contributed by atoms with Gasteiger partial charge in [-0.1, -0.05) is 171 Å². The van der Waals surface area contributed by atoms with E-state index in [0.717, 1.165) is 147 Å². The molecule has 0 spiro atoms. The zero-order chi connectivity index (χ0) is 59.0. The number of aryl methyl sites for hydroxylation is 4. The van der Waals surface area contributed by atoms with Gasteiger partial charge in [0.1, 0.15) is 0 Å². The first-order valence-corrected chi connectivity index (χ1v) is 30.6. The largest absolute Gasteiger partial charge is 0.381 e. The lowest BCUT2D eigenvalue weighted by molar-refractivity contribution is -0.108. The van der Waals surface area contributed by atoms with E-state index in [4.69, 9.17) is 18.9 Å². The van der Waals surface area contributed by atoms with Crippen LogP contribution in [0, 0.1) is 50.7 Å². The predicted octanol–water partition coefficient (Wildman–Crippen LogP) is 17.8. The minimum absolute atomic E-state index is 0.458. The van der Waals surface area contributed by atoms with Crippen LogP contribution in [0.25, 0.3) is 44.5 Å². The minimum atomic E-state index is -0.458. The molecule has 0 aromatic heterocycles. The lowest BCUT2D eigenvalue weighted by Crippen LogP contribution is -2.42. The summed E-state index contributed by atoms with van der Waals surface area (Å²) in [5.41, 5.74) is 16.6. The summed E-state index contributed by atoms with van der Waals surface area (Å²) in [5, 5.41) is 36.8. The molecule has 0 bridgehead atoms. The molecule has 8 nitrogen and oxygen atoms in total. The SMILES string of the molecule is N#Cc1ccc(-c2ccc(CCCCCOCC(COCCCCCc3ccc(-c4ccc(C#N)cc4)cc3)(COCCCCCc3ccc(-c4ccc(C#N)cc4)cc3)COCCCCCc3ccc(-c4ccc(C#N)cc4)cc3)cc2)cc1. The number of unbranched alkanes of at least 4 members (excludes halogenated alkanes) is 8. The topological polar surface area (TPSA) is 132 Å². The second-order valence-corrected chi connectivity index (χ2v) is 22.5. The van der Waals surface area contributed by atoms with Crippen molar-refractivity contribution in [2.45, 2.75) is 103 Å². The van der Waals surface area contributed by atoms with E-state index in [-0.39, 0.29) is 0 Å². The van der Waals surface area contributed by atoms with Gasteiger partial charge >= 0.3 is 0 Å². The molecule has 432 valence electrons. The third-order valence-electron chi connectivity index (χ3n) is 15.9. The van der Waals surface area contributed by atoms with E-state index in [1.807, 2.05) is 97.1 Å². The van der Waals surface area contributed by atoms with Gasteiger partial charge in [0.25, 0.3) is 0 Å². The molecule has 0 amide bonds. The second kappa shape index (κ2) is 35.0. The number of hydrogen-bond donors (Lipinski definition) is 0. The summed E-state index contributed by atoms with van der Waals surface area (Å²) in [6.45, 7) is 4.65. The van der Waals surface area contributed by atoms with Crippen LogP contribution >= 0.6 is 0 Å².